The van der Waals surface area contributed by atoms with Gasteiger partial charge in [0.15, 0.2) is 0 Å². The van der Waals surface area contributed by atoms with E-state index in [-0.39, 0.29) is 5.60 Å². The maximum Gasteiger partial charge on any atom is 0.326 e. The van der Waals surface area contributed by atoms with Crippen molar-refractivity contribution in [2.45, 2.75) is 71.6 Å². The van der Waals surface area contributed by atoms with Gasteiger partial charge in [-0.25, -0.2) is 0 Å². The van der Waals surface area contributed by atoms with Gasteiger partial charge in [0.2, 0.25) is 0 Å². The lowest BCUT2D eigenvalue weighted by Crippen LogP contribution is -2.50. The standard InChI is InChI=1S/C18H29NO3/c1-16(2,3)21-14-10-8-13(9-11-14)12-18(7,19)15(20)22-17(4,5)6/h8-11H,12,19H2,1-7H3/t18-/m1/s1. The second-order valence-corrected chi connectivity index (χ2v) is 7.95. The van der Waals surface area contributed by atoms with Crippen LogP contribution in [0.2, 0.25) is 0 Å². The fourth-order valence-electron chi connectivity index (χ4n) is 1.92. The quantitative estimate of drug-likeness (QED) is 0.865. The number of carbonyl (C=O) groups is 1. The molecular weight excluding hydrogens is 278 g/mol. The molecule has 0 unspecified atom stereocenters. The fraction of sp³-hybridized carbons (Fsp3) is 0.611. The van der Waals surface area contributed by atoms with Crippen LogP contribution in [0.5, 0.6) is 5.75 Å². The zero-order valence-corrected chi connectivity index (χ0v) is 14.8. The highest BCUT2D eigenvalue weighted by Gasteiger charge is 2.33. The summed E-state index contributed by atoms with van der Waals surface area (Å²) in [5.41, 5.74) is 5.27. The van der Waals surface area contributed by atoms with Gasteiger partial charge in [-0.2, -0.15) is 0 Å². The van der Waals surface area contributed by atoms with Crippen molar-refractivity contribution in [3.05, 3.63) is 29.8 Å². The molecule has 0 saturated carbocycles. The number of benzene rings is 1. The van der Waals surface area contributed by atoms with Gasteiger partial charge in [-0.05, 0) is 66.2 Å². The minimum absolute atomic E-state index is 0.236. The van der Waals surface area contributed by atoms with Crippen LogP contribution < -0.4 is 10.5 Å². The van der Waals surface area contributed by atoms with Crippen LogP contribution in [0, 0.1) is 0 Å². The monoisotopic (exact) mass is 307 g/mol. The van der Waals surface area contributed by atoms with Crippen LogP contribution in [-0.2, 0) is 16.0 Å². The molecule has 0 aliphatic heterocycles. The van der Waals surface area contributed by atoms with Crippen LogP contribution in [0.25, 0.3) is 0 Å². The van der Waals surface area contributed by atoms with Gasteiger partial charge in [-0.3, -0.25) is 4.79 Å². The summed E-state index contributed by atoms with van der Waals surface area (Å²) in [5, 5.41) is 0. The Bertz CT molecular complexity index is 505. The predicted octanol–water partition coefficient (Wildman–Crippen LogP) is 3.47. The van der Waals surface area contributed by atoms with Crippen molar-refractivity contribution in [2.75, 3.05) is 0 Å². The highest BCUT2D eigenvalue weighted by atomic mass is 16.6. The Kier molecular flexibility index (Phi) is 5.29. The van der Waals surface area contributed by atoms with Crippen LogP contribution in [0.4, 0.5) is 0 Å². The number of hydrogen-bond donors (Lipinski definition) is 1. The van der Waals surface area contributed by atoms with Gasteiger partial charge in [0.1, 0.15) is 22.5 Å². The van der Waals surface area contributed by atoms with Crippen molar-refractivity contribution in [1.82, 2.24) is 0 Å². The molecule has 2 N–H and O–H groups in total. The van der Waals surface area contributed by atoms with Crippen molar-refractivity contribution >= 4 is 5.97 Å². The van der Waals surface area contributed by atoms with Crippen molar-refractivity contribution in [2.24, 2.45) is 5.73 Å². The number of carbonyl (C=O) groups excluding carboxylic acids is 1. The number of ether oxygens (including phenoxy) is 2. The lowest BCUT2D eigenvalue weighted by Gasteiger charge is -2.28. The average molecular weight is 307 g/mol. The number of rotatable bonds is 4. The first-order valence-corrected chi connectivity index (χ1v) is 7.59. The van der Waals surface area contributed by atoms with Crippen LogP contribution in [0.1, 0.15) is 54.0 Å². The smallest absolute Gasteiger partial charge is 0.326 e. The number of esters is 1. The summed E-state index contributed by atoms with van der Waals surface area (Å²) >= 11 is 0. The molecule has 1 atom stereocenters. The first-order chi connectivity index (χ1) is 9.78. The van der Waals surface area contributed by atoms with E-state index in [0.717, 1.165) is 11.3 Å². The van der Waals surface area contributed by atoms with E-state index in [0.29, 0.717) is 6.42 Å². The summed E-state index contributed by atoms with van der Waals surface area (Å²) < 4.78 is 11.2. The zero-order valence-electron chi connectivity index (χ0n) is 14.8. The van der Waals surface area contributed by atoms with Crippen molar-refractivity contribution in [1.29, 1.82) is 0 Å². The van der Waals surface area contributed by atoms with Gasteiger partial charge in [-0.1, -0.05) is 12.1 Å². The molecule has 0 aliphatic rings. The Labute approximate surface area is 134 Å². The summed E-state index contributed by atoms with van der Waals surface area (Å²) in [7, 11) is 0. The van der Waals surface area contributed by atoms with Crippen molar-refractivity contribution < 1.29 is 14.3 Å². The lowest BCUT2D eigenvalue weighted by molar-refractivity contribution is -0.160. The first kappa shape index (κ1) is 18.5. The highest BCUT2D eigenvalue weighted by molar-refractivity contribution is 5.80. The van der Waals surface area contributed by atoms with Crippen LogP contribution in [-0.4, -0.2) is 22.7 Å². The third-order valence-electron chi connectivity index (χ3n) is 2.78. The minimum atomic E-state index is -1.06. The largest absolute Gasteiger partial charge is 0.488 e. The summed E-state index contributed by atoms with van der Waals surface area (Å²) in [6.07, 6.45) is 0.414. The van der Waals surface area contributed by atoms with E-state index in [1.54, 1.807) is 6.92 Å². The minimum Gasteiger partial charge on any atom is -0.488 e. The molecule has 0 amide bonds. The molecular formula is C18H29NO3. The average Bonchev–Trinajstić information content (AvgIpc) is 2.27. The first-order valence-electron chi connectivity index (χ1n) is 7.59. The second kappa shape index (κ2) is 6.29. The van der Waals surface area contributed by atoms with E-state index in [4.69, 9.17) is 15.2 Å². The molecule has 4 heteroatoms. The molecule has 0 saturated heterocycles. The maximum atomic E-state index is 12.2. The Morgan fingerprint density at radius 3 is 1.86 bits per heavy atom. The molecule has 0 aromatic heterocycles. The lowest BCUT2D eigenvalue weighted by atomic mass is 9.93. The summed E-state index contributed by atoms with van der Waals surface area (Å²) in [5.74, 6) is 0.405. The summed E-state index contributed by atoms with van der Waals surface area (Å²) in [4.78, 5) is 12.2. The van der Waals surface area contributed by atoms with Crippen molar-refractivity contribution in [3.8, 4) is 5.75 Å². The van der Waals surface area contributed by atoms with Crippen LogP contribution in [0.15, 0.2) is 24.3 Å². The molecule has 4 nitrogen and oxygen atoms in total. The van der Waals surface area contributed by atoms with Gasteiger partial charge in [0.05, 0.1) is 0 Å². The fourth-order valence-corrected chi connectivity index (χ4v) is 1.92. The molecule has 0 bridgehead atoms. The molecule has 0 heterocycles. The molecule has 0 radical (unpaired) electrons. The third kappa shape index (κ3) is 6.48. The Morgan fingerprint density at radius 1 is 0.955 bits per heavy atom. The topological polar surface area (TPSA) is 61.5 Å². The molecule has 1 aromatic rings. The van der Waals surface area contributed by atoms with Crippen molar-refractivity contribution in [3.63, 3.8) is 0 Å². The summed E-state index contributed by atoms with van der Waals surface area (Å²) in [6, 6.07) is 7.64. The van der Waals surface area contributed by atoms with Gasteiger partial charge in [0.25, 0.3) is 0 Å². The van der Waals surface area contributed by atoms with Gasteiger partial charge in [0, 0.05) is 6.42 Å². The van der Waals surface area contributed by atoms with E-state index in [9.17, 15) is 4.79 Å². The Balaban J connectivity index is 2.75. The second-order valence-electron chi connectivity index (χ2n) is 7.95. The normalized spacial score (nSPS) is 15.1. The predicted molar refractivity (Wildman–Crippen MR) is 89.0 cm³/mol. The van der Waals surface area contributed by atoms with Gasteiger partial charge in [-0.15, -0.1) is 0 Å². The zero-order chi connectivity index (χ0) is 17.2. The molecule has 22 heavy (non-hydrogen) atoms. The SMILES string of the molecule is CC(C)(C)OC(=O)[C@](C)(N)Cc1ccc(OC(C)(C)C)cc1. The number of nitrogens with two attached hydrogens (primary N) is 1. The van der Waals surface area contributed by atoms with Gasteiger partial charge >= 0.3 is 5.97 Å². The van der Waals surface area contributed by atoms with E-state index in [1.165, 1.54) is 0 Å². The van der Waals surface area contributed by atoms with E-state index in [1.807, 2.05) is 65.8 Å². The van der Waals surface area contributed by atoms with Gasteiger partial charge < -0.3 is 15.2 Å². The highest BCUT2D eigenvalue weighted by Crippen LogP contribution is 2.21. The maximum absolute atomic E-state index is 12.2. The number of hydrogen-bond acceptors (Lipinski definition) is 4. The molecule has 0 aliphatic carbocycles. The molecule has 1 rings (SSSR count). The van der Waals surface area contributed by atoms with Crippen LogP contribution in [0.3, 0.4) is 0 Å². The van der Waals surface area contributed by atoms with E-state index >= 15 is 0 Å². The molecule has 0 spiro atoms. The van der Waals surface area contributed by atoms with Crippen LogP contribution >= 0.6 is 0 Å². The molecule has 124 valence electrons. The molecule has 1 aromatic carbocycles. The Hall–Kier alpha value is -1.55. The Morgan fingerprint density at radius 2 is 1.45 bits per heavy atom. The third-order valence-corrected chi connectivity index (χ3v) is 2.78. The van der Waals surface area contributed by atoms with E-state index < -0.39 is 17.1 Å². The van der Waals surface area contributed by atoms with E-state index in [2.05, 4.69) is 0 Å². The molecule has 0 fully saturated rings. The summed E-state index contributed by atoms with van der Waals surface area (Å²) in [6.45, 7) is 13.2.